The fourth-order valence-electron chi connectivity index (χ4n) is 3.80. The van der Waals surface area contributed by atoms with Crippen molar-refractivity contribution in [1.29, 1.82) is 0 Å². The molecule has 0 saturated heterocycles. The number of carbonyl (C=O) groups is 2. The molecule has 0 atom stereocenters. The summed E-state index contributed by atoms with van der Waals surface area (Å²) in [7, 11) is 3.51. The fourth-order valence-corrected chi connectivity index (χ4v) is 3.80. The van der Waals surface area contributed by atoms with Gasteiger partial charge in [-0.3, -0.25) is 9.59 Å². The number of nitrogens with one attached hydrogen (secondary N) is 3. The maximum Gasteiger partial charge on any atom is 0.273 e. The highest BCUT2D eigenvalue weighted by Gasteiger charge is 2.30. The number of carbonyl (C=O) groups excluding carboxylic acids is 2. The normalized spacial score (nSPS) is 14.4. The zero-order valence-electron chi connectivity index (χ0n) is 18.0. The van der Waals surface area contributed by atoms with E-state index in [4.69, 9.17) is 0 Å². The molecular formula is C21H23N9O2. The molecule has 11 nitrogen and oxygen atoms in total. The van der Waals surface area contributed by atoms with Crippen LogP contribution in [0.2, 0.25) is 0 Å². The Kier molecular flexibility index (Phi) is 4.72. The molecule has 2 amide bonds. The van der Waals surface area contributed by atoms with E-state index in [1.807, 2.05) is 36.9 Å². The van der Waals surface area contributed by atoms with Crippen LogP contribution in [-0.4, -0.2) is 50.9 Å². The first-order valence-electron chi connectivity index (χ1n) is 10.4. The Bertz CT molecular complexity index is 1230. The minimum absolute atomic E-state index is 0.0296. The standard InChI is InChI=1S/C21H23N9O2/c1-11-23-17-10-29(3)19-13(5-4-6-15(19)30(17)28-11)24-14-9-16(25-20(31)12-7-8-12)26-27-18(14)21(32)22-2/h4-6,9,12H,7-8,10H2,1-3H3,(H,22,32)(H2,24,25,26,31). The lowest BCUT2D eigenvalue weighted by molar-refractivity contribution is -0.117. The second-order valence-electron chi connectivity index (χ2n) is 7.98. The Morgan fingerprint density at radius 2 is 1.97 bits per heavy atom. The second-order valence-corrected chi connectivity index (χ2v) is 7.98. The van der Waals surface area contributed by atoms with Gasteiger partial charge in [0, 0.05) is 26.1 Å². The van der Waals surface area contributed by atoms with Gasteiger partial charge in [0.25, 0.3) is 5.91 Å². The van der Waals surface area contributed by atoms with Crippen LogP contribution in [0, 0.1) is 12.8 Å². The molecular weight excluding hydrogens is 410 g/mol. The summed E-state index contributed by atoms with van der Waals surface area (Å²) in [5.41, 5.74) is 3.12. The van der Waals surface area contributed by atoms with Gasteiger partial charge in [0.2, 0.25) is 5.91 Å². The first kappa shape index (κ1) is 19.9. The molecule has 3 heterocycles. The molecule has 1 fully saturated rings. The van der Waals surface area contributed by atoms with Crippen LogP contribution in [0.25, 0.3) is 5.69 Å². The van der Waals surface area contributed by atoms with E-state index < -0.39 is 0 Å². The zero-order valence-corrected chi connectivity index (χ0v) is 18.0. The number of benzene rings is 1. The highest BCUT2D eigenvalue weighted by atomic mass is 16.2. The summed E-state index contributed by atoms with van der Waals surface area (Å²) in [5.74, 6) is 1.43. The maximum atomic E-state index is 12.4. The van der Waals surface area contributed by atoms with Gasteiger partial charge in [-0.1, -0.05) is 6.07 Å². The van der Waals surface area contributed by atoms with Gasteiger partial charge in [0.1, 0.15) is 5.82 Å². The Balaban J connectivity index is 1.55. The highest BCUT2D eigenvalue weighted by Crippen LogP contribution is 2.38. The average molecular weight is 433 g/mol. The van der Waals surface area contributed by atoms with Crippen molar-refractivity contribution in [2.24, 2.45) is 5.92 Å². The third-order valence-electron chi connectivity index (χ3n) is 5.49. The molecule has 5 rings (SSSR count). The summed E-state index contributed by atoms with van der Waals surface area (Å²) in [6.07, 6.45) is 1.76. The van der Waals surface area contributed by atoms with Crippen LogP contribution >= 0.6 is 0 Å². The molecule has 1 aliphatic carbocycles. The lowest BCUT2D eigenvalue weighted by Crippen LogP contribution is -2.27. The Hall–Kier alpha value is -4.02. The lowest BCUT2D eigenvalue weighted by atomic mass is 10.1. The van der Waals surface area contributed by atoms with Crippen LogP contribution < -0.4 is 20.9 Å². The molecule has 1 saturated carbocycles. The highest BCUT2D eigenvalue weighted by molar-refractivity contribution is 6.00. The number of hydrogen-bond donors (Lipinski definition) is 3. The first-order valence-corrected chi connectivity index (χ1v) is 10.4. The smallest absolute Gasteiger partial charge is 0.273 e. The number of amides is 2. The van der Waals surface area contributed by atoms with Crippen LogP contribution in [-0.2, 0) is 11.3 Å². The predicted molar refractivity (Wildman–Crippen MR) is 118 cm³/mol. The number of hydrogen-bond acceptors (Lipinski definition) is 8. The lowest BCUT2D eigenvalue weighted by Gasteiger charge is -2.29. The molecule has 0 unspecified atom stereocenters. The molecule has 0 radical (unpaired) electrons. The predicted octanol–water partition coefficient (Wildman–Crippen LogP) is 1.77. The van der Waals surface area contributed by atoms with E-state index in [0.717, 1.165) is 35.7 Å². The van der Waals surface area contributed by atoms with E-state index in [0.29, 0.717) is 23.9 Å². The molecule has 3 aromatic rings. The Morgan fingerprint density at radius 1 is 1.16 bits per heavy atom. The van der Waals surface area contributed by atoms with Crippen molar-refractivity contribution in [2.45, 2.75) is 26.3 Å². The number of nitrogens with zero attached hydrogens (tertiary/aromatic N) is 6. The number of anilines is 4. The largest absolute Gasteiger partial charge is 0.364 e. The van der Waals surface area contributed by atoms with Gasteiger partial charge in [-0.2, -0.15) is 5.10 Å². The third kappa shape index (κ3) is 3.51. The van der Waals surface area contributed by atoms with E-state index in [9.17, 15) is 9.59 Å². The zero-order chi connectivity index (χ0) is 22.4. The van der Waals surface area contributed by atoms with E-state index in [2.05, 4.69) is 41.1 Å². The van der Waals surface area contributed by atoms with Crippen molar-refractivity contribution in [3.05, 3.63) is 41.6 Å². The molecule has 3 N–H and O–H groups in total. The van der Waals surface area contributed by atoms with Gasteiger partial charge in [0.05, 0.1) is 29.3 Å². The summed E-state index contributed by atoms with van der Waals surface area (Å²) >= 11 is 0. The summed E-state index contributed by atoms with van der Waals surface area (Å²) in [6, 6.07) is 7.43. The molecule has 164 valence electrons. The average Bonchev–Trinajstić information content (AvgIpc) is 3.56. The molecule has 2 aromatic heterocycles. The summed E-state index contributed by atoms with van der Waals surface area (Å²) in [5, 5.41) is 21.3. The van der Waals surface area contributed by atoms with Gasteiger partial charge >= 0.3 is 0 Å². The van der Waals surface area contributed by atoms with Crippen LogP contribution in [0.5, 0.6) is 0 Å². The molecule has 11 heteroatoms. The van der Waals surface area contributed by atoms with Gasteiger partial charge in [-0.05, 0) is 31.9 Å². The topological polar surface area (TPSA) is 130 Å². The van der Waals surface area contributed by atoms with Crippen molar-refractivity contribution in [3.63, 3.8) is 0 Å². The monoisotopic (exact) mass is 433 g/mol. The van der Waals surface area contributed by atoms with Crippen LogP contribution in [0.3, 0.4) is 0 Å². The number of rotatable bonds is 5. The third-order valence-corrected chi connectivity index (χ3v) is 5.49. The SMILES string of the molecule is CNC(=O)c1nnc(NC(=O)C2CC2)cc1Nc1cccc2c1N(C)Cc1nc(C)nn1-2. The van der Waals surface area contributed by atoms with Gasteiger partial charge < -0.3 is 20.9 Å². The molecule has 32 heavy (non-hydrogen) atoms. The number of aryl methyl sites for hydroxylation is 1. The van der Waals surface area contributed by atoms with E-state index in [1.165, 1.54) is 7.05 Å². The van der Waals surface area contributed by atoms with Crippen molar-refractivity contribution in [1.82, 2.24) is 30.3 Å². The fraction of sp³-hybridized carbons (Fsp3) is 0.333. The number of fused-ring (bicyclic) bond motifs is 3. The molecule has 1 aliphatic heterocycles. The minimum Gasteiger partial charge on any atom is -0.364 e. The van der Waals surface area contributed by atoms with Gasteiger partial charge in [-0.25, -0.2) is 9.67 Å². The Labute approximate surface area is 184 Å². The molecule has 0 bridgehead atoms. The summed E-state index contributed by atoms with van der Waals surface area (Å²) in [4.78, 5) is 31.2. The van der Waals surface area contributed by atoms with Crippen molar-refractivity contribution < 1.29 is 9.59 Å². The summed E-state index contributed by atoms with van der Waals surface area (Å²) in [6.45, 7) is 2.45. The van der Waals surface area contributed by atoms with Crippen molar-refractivity contribution >= 4 is 34.7 Å². The van der Waals surface area contributed by atoms with Crippen LogP contribution in [0.15, 0.2) is 24.3 Å². The number of aromatic nitrogens is 5. The van der Waals surface area contributed by atoms with Crippen molar-refractivity contribution in [3.8, 4) is 5.69 Å². The quantitative estimate of drug-likeness (QED) is 0.555. The molecule has 1 aromatic carbocycles. The Morgan fingerprint density at radius 3 is 2.72 bits per heavy atom. The van der Waals surface area contributed by atoms with Crippen LogP contribution in [0.1, 0.15) is 35.0 Å². The van der Waals surface area contributed by atoms with E-state index >= 15 is 0 Å². The number of para-hydroxylation sites is 1. The van der Waals surface area contributed by atoms with E-state index in [-0.39, 0.29) is 23.4 Å². The van der Waals surface area contributed by atoms with Crippen LogP contribution in [0.4, 0.5) is 22.9 Å². The first-order chi connectivity index (χ1) is 15.4. The summed E-state index contributed by atoms with van der Waals surface area (Å²) < 4.78 is 1.83. The minimum atomic E-state index is -0.382. The van der Waals surface area contributed by atoms with Gasteiger partial charge in [0.15, 0.2) is 17.3 Å². The maximum absolute atomic E-state index is 12.4. The molecule has 2 aliphatic rings. The van der Waals surface area contributed by atoms with Gasteiger partial charge in [-0.15, -0.1) is 10.2 Å². The molecule has 0 spiro atoms. The van der Waals surface area contributed by atoms with Crippen molar-refractivity contribution in [2.75, 3.05) is 29.6 Å². The second kappa shape index (κ2) is 7.59. The van der Waals surface area contributed by atoms with E-state index in [1.54, 1.807) is 6.07 Å².